The maximum Gasteiger partial charge on any atom is 0.224 e. The third kappa shape index (κ3) is 3.79. The molecule has 8 heteroatoms. The van der Waals surface area contributed by atoms with E-state index in [2.05, 4.69) is 20.6 Å². The van der Waals surface area contributed by atoms with Crippen LogP contribution < -0.4 is 10.6 Å². The minimum atomic E-state index is -3.45. The zero-order valence-electron chi connectivity index (χ0n) is 13.9. The van der Waals surface area contributed by atoms with E-state index in [4.69, 9.17) is 11.6 Å². The molecule has 0 unspecified atom stereocenters. The van der Waals surface area contributed by atoms with E-state index in [0.29, 0.717) is 35.3 Å². The van der Waals surface area contributed by atoms with Crippen LogP contribution in [0.5, 0.6) is 0 Å². The normalized spacial score (nSPS) is 11.5. The van der Waals surface area contributed by atoms with E-state index < -0.39 is 15.1 Å². The van der Waals surface area contributed by atoms with Crippen LogP contribution in [0.3, 0.4) is 0 Å². The number of benzene rings is 1. The van der Waals surface area contributed by atoms with Gasteiger partial charge in [0.15, 0.2) is 15.7 Å². The van der Waals surface area contributed by atoms with Gasteiger partial charge in [0.25, 0.3) is 0 Å². The summed E-state index contributed by atoms with van der Waals surface area (Å²) >= 11 is 6.12. The molecule has 0 aliphatic rings. The van der Waals surface area contributed by atoms with Gasteiger partial charge in [-0.1, -0.05) is 37.6 Å². The maximum atomic E-state index is 12.9. The van der Waals surface area contributed by atoms with Crippen molar-refractivity contribution in [2.75, 3.05) is 17.7 Å². The molecule has 0 atom stereocenters. The molecule has 0 spiro atoms. The van der Waals surface area contributed by atoms with Crippen LogP contribution in [-0.4, -0.2) is 30.7 Å². The molecular weight excluding hydrogens is 348 g/mol. The molecule has 2 N–H and O–H groups in total. The number of hydrogen-bond donors (Lipinski definition) is 2. The number of nitrogens with one attached hydrogen (secondary N) is 2. The average Bonchev–Trinajstić information content (AvgIpc) is 2.58. The number of sulfone groups is 1. The average molecular weight is 369 g/mol. The molecule has 0 aliphatic carbocycles. The highest BCUT2D eigenvalue weighted by Crippen LogP contribution is 2.31. The number of aromatic nitrogens is 2. The topological polar surface area (TPSA) is 84.0 Å². The van der Waals surface area contributed by atoms with Gasteiger partial charge in [0, 0.05) is 7.05 Å². The van der Waals surface area contributed by atoms with Crippen molar-refractivity contribution in [1.82, 2.24) is 9.97 Å². The highest BCUT2D eigenvalue weighted by Gasteiger charge is 2.27. The van der Waals surface area contributed by atoms with E-state index in [0.717, 1.165) is 0 Å². The Balaban J connectivity index is 2.47. The van der Waals surface area contributed by atoms with Crippen LogP contribution in [0.4, 0.5) is 17.5 Å². The summed E-state index contributed by atoms with van der Waals surface area (Å²) in [4.78, 5) is 8.50. The first-order chi connectivity index (χ1) is 11.4. The summed E-state index contributed by atoms with van der Waals surface area (Å²) in [6.45, 7) is 3.75. The molecule has 2 rings (SSSR count). The molecule has 6 nitrogen and oxygen atoms in total. The van der Waals surface area contributed by atoms with E-state index in [9.17, 15) is 8.42 Å². The summed E-state index contributed by atoms with van der Waals surface area (Å²) < 4.78 is 25.8. The summed E-state index contributed by atoms with van der Waals surface area (Å²) in [6, 6.07) is 6.78. The van der Waals surface area contributed by atoms with Crippen LogP contribution in [0.1, 0.15) is 26.7 Å². The van der Waals surface area contributed by atoms with Crippen LogP contribution in [0.15, 0.2) is 35.4 Å². The molecule has 0 aliphatic heterocycles. The zero-order chi connectivity index (χ0) is 17.7. The SMILES string of the molecule is CCC(CC)S(=O)(=O)c1ccccc1Nc1nc(NC)ncc1Cl. The lowest BCUT2D eigenvalue weighted by Gasteiger charge is -2.18. The Morgan fingerprint density at radius 1 is 1.21 bits per heavy atom. The van der Waals surface area contributed by atoms with Crippen LogP contribution >= 0.6 is 11.6 Å². The first-order valence-corrected chi connectivity index (χ1v) is 9.66. The predicted molar refractivity (Wildman–Crippen MR) is 97.9 cm³/mol. The molecule has 1 aromatic carbocycles. The highest BCUT2D eigenvalue weighted by atomic mass is 35.5. The molecule has 0 saturated heterocycles. The number of para-hydroxylation sites is 1. The third-order valence-electron chi connectivity index (χ3n) is 3.76. The van der Waals surface area contributed by atoms with Crippen molar-refractivity contribution >= 4 is 38.9 Å². The molecule has 24 heavy (non-hydrogen) atoms. The molecule has 0 radical (unpaired) electrons. The standard InChI is InChI=1S/C16H21ClN4O2S/c1-4-11(5-2)24(22,23)14-9-7-6-8-13(14)20-15-12(17)10-19-16(18-3)21-15/h6-11H,4-5H2,1-3H3,(H2,18,19,20,21). The fraction of sp³-hybridized carbons (Fsp3) is 0.375. The highest BCUT2D eigenvalue weighted by molar-refractivity contribution is 7.92. The number of rotatable bonds is 7. The lowest BCUT2D eigenvalue weighted by Crippen LogP contribution is -2.20. The monoisotopic (exact) mass is 368 g/mol. The molecule has 0 saturated carbocycles. The Kier molecular flexibility index (Phi) is 6.01. The predicted octanol–water partition coefficient (Wildman–Crippen LogP) is 3.88. The Hall–Kier alpha value is -1.86. The van der Waals surface area contributed by atoms with E-state index in [-0.39, 0.29) is 4.90 Å². The van der Waals surface area contributed by atoms with Gasteiger partial charge in [-0.2, -0.15) is 4.98 Å². The largest absolute Gasteiger partial charge is 0.357 e. The fourth-order valence-corrected chi connectivity index (χ4v) is 4.50. The minimum absolute atomic E-state index is 0.249. The number of hydrogen-bond acceptors (Lipinski definition) is 6. The number of halogens is 1. The van der Waals surface area contributed by atoms with Crippen LogP contribution in [0.25, 0.3) is 0 Å². The Morgan fingerprint density at radius 3 is 2.50 bits per heavy atom. The van der Waals surface area contributed by atoms with Gasteiger partial charge < -0.3 is 10.6 Å². The maximum absolute atomic E-state index is 12.9. The summed E-state index contributed by atoms with van der Waals surface area (Å²) in [5.74, 6) is 0.741. The minimum Gasteiger partial charge on any atom is -0.357 e. The third-order valence-corrected chi connectivity index (χ3v) is 6.55. The van der Waals surface area contributed by atoms with Crippen molar-refractivity contribution < 1.29 is 8.42 Å². The zero-order valence-corrected chi connectivity index (χ0v) is 15.4. The number of anilines is 3. The van der Waals surface area contributed by atoms with Gasteiger partial charge >= 0.3 is 0 Å². The van der Waals surface area contributed by atoms with Gasteiger partial charge in [0.2, 0.25) is 5.95 Å². The lowest BCUT2D eigenvalue weighted by molar-refractivity contribution is 0.572. The van der Waals surface area contributed by atoms with Gasteiger partial charge in [-0.3, -0.25) is 0 Å². The summed E-state index contributed by atoms with van der Waals surface area (Å²) in [7, 11) is -1.75. The molecule has 130 valence electrons. The quantitative estimate of drug-likeness (QED) is 0.771. The second-order valence-corrected chi connectivity index (χ2v) is 7.85. The van der Waals surface area contributed by atoms with Gasteiger partial charge in [0.05, 0.1) is 22.0 Å². The molecule has 0 amide bonds. The van der Waals surface area contributed by atoms with Gasteiger partial charge in [-0.15, -0.1) is 0 Å². The van der Waals surface area contributed by atoms with Crippen LogP contribution in [-0.2, 0) is 9.84 Å². The molecule has 1 heterocycles. The second-order valence-electron chi connectivity index (χ2n) is 5.24. The van der Waals surface area contributed by atoms with Crippen LogP contribution in [0.2, 0.25) is 5.02 Å². The van der Waals surface area contributed by atoms with E-state index in [1.165, 1.54) is 6.20 Å². The van der Waals surface area contributed by atoms with E-state index in [1.807, 2.05) is 13.8 Å². The van der Waals surface area contributed by atoms with Gasteiger partial charge in [-0.05, 0) is 25.0 Å². The second kappa shape index (κ2) is 7.81. The Bertz CT molecular complexity index is 807. The van der Waals surface area contributed by atoms with E-state index in [1.54, 1.807) is 31.3 Å². The smallest absolute Gasteiger partial charge is 0.224 e. The lowest BCUT2D eigenvalue weighted by atomic mass is 10.3. The van der Waals surface area contributed by atoms with Crippen molar-refractivity contribution in [3.05, 3.63) is 35.5 Å². The summed E-state index contributed by atoms with van der Waals surface area (Å²) in [5.41, 5.74) is 0.451. The van der Waals surface area contributed by atoms with E-state index >= 15 is 0 Å². The summed E-state index contributed by atoms with van der Waals surface area (Å²) in [6.07, 6.45) is 2.58. The van der Waals surface area contributed by atoms with Crippen LogP contribution in [0, 0.1) is 0 Å². The molecule has 2 aromatic rings. The van der Waals surface area contributed by atoms with Crippen molar-refractivity contribution in [2.45, 2.75) is 36.8 Å². The van der Waals surface area contributed by atoms with Crippen molar-refractivity contribution in [1.29, 1.82) is 0 Å². The van der Waals surface area contributed by atoms with Crippen molar-refractivity contribution in [3.8, 4) is 0 Å². The van der Waals surface area contributed by atoms with Crippen molar-refractivity contribution in [2.24, 2.45) is 0 Å². The van der Waals surface area contributed by atoms with Gasteiger partial charge in [0.1, 0.15) is 5.02 Å². The Morgan fingerprint density at radius 2 is 1.88 bits per heavy atom. The Labute approximate surface area is 147 Å². The molecule has 0 fully saturated rings. The molecular formula is C16H21ClN4O2S. The summed E-state index contributed by atoms with van der Waals surface area (Å²) in [5, 5.41) is 5.73. The fourth-order valence-electron chi connectivity index (χ4n) is 2.43. The van der Waals surface area contributed by atoms with Crippen molar-refractivity contribution in [3.63, 3.8) is 0 Å². The molecule has 0 bridgehead atoms. The number of nitrogens with zero attached hydrogens (tertiary/aromatic N) is 2. The van der Waals surface area contributed by atoms with Gasteiger partial charge in [-0.25, -0.2) is 13.4 Å². The molecule has 1 aromatic heterocycles. The first-order valence-electron chi connectivity index (χ1n) is 7.74. The first kappa shape index (κ1) is 18.5.